The van der Waals surface area contributed by atoms with Crippen LogP contribution < -0.4 is 0 Å². The normalized spacial score (nSPS) is 13.6. The van der Waals surface area contributed by atoms with Crippen LogP contribution in [0.3, 0.4) is 0 Å². The Morgan fingerprint density at radius 2 is 2.11 bits per heavy atom. The van der Waals surface area contributed by atoms with Crippen molar-refractivity contribution >= 4 is 0 Å². The van der Waals surface area contributed by atoms with E-state index in [9.17, 15) is 18.3 Å². The van der Waals surface area contributed by atoms with Gasteiger partial charge < -0.3 is 5.11 Å². The molecule has 0 aliphatic rings. The van der Waals surface area contributed by atoms with Crippen LogP contribution in [-0.4, -0.2) is 19.9 Å². The van der Waals surface area contributed by atoms with Crippen LogP contribution >= 0.6 is 0 Å². The average molecular weight is 257 g/mol. The number of rotatable bonds is 2. The molecule has 0 saturated heterocycles. The van der Waals surface area contributed by atoms with Gasteiger partial charge in [0.15, 0.2) is 5.82 Å². The first-order chi connectivity index (χ1) is 8.39. The monoisotopic (exact) mass is 257 g/mol. The van der Waals surface area contributed by atoms with Gasteiger partial charge in [0.1, 0.15) is 0 Å². The second kappa shape index (κ2) is 4.41. The lowest BCUT2D eigenvalue weighted by atomic mass is 10.1. The minimum absolute atomic E-state index is 0.183. The molecule has 0 aliphatic heterocycles. The molecule has 0 saturated carbocycles. The highest BCUT2D eigenvalue weighted by Gasteiger charge is 2.32. The third-order valence-electron chi connectivity index (χ3n) is 2.39. The number of pyridine rings is 1. The molecule has 96 valence electrons. The summed E-state index contributed by atoms with van der Waals surface area (Å²) in [5.74, 6) is 0.183. The zero-order valence-corrected chi connectivity index (χ0v) is 9.39. The van der Waals surface area contributed by atoms with Gasteiger partial charge in [-0.15, -0.1) is 0 Å². The fraction of sp³-hybridized carbons (Fsp3) is 0.273. The maximum absolute atomic E-state index is 12.5. The zero-order chi connectivity index (χ0) is 13.3. The molecule has 2 heterocycles. The fourth-order valence-electron chi connectivity index (χ4n) is 1.51. The largest absolute Gasteiger partial charge is 0.419 e. The lowest BCUT2D eigenvalue weighted by molar-refractivity contribution is -0.137. The number of hydrogen-bond acceptors (Lipinski definition) is 3. The van der Waals surface area contributed by atoms with Gasteiger partial charge in [-0.3, -0.25) is 0 Å². The molecule has 4 nitrogen and oxygen atoms in total. The topological polar surface area (TPSA) is 50.9 Å². The molecule has 0 bridgehead atoms. The van der Waals surface area contributed by atoms with E-state index >= 15 is 0 Å². The quantitative estimate of drug-likeness (QED) is 0.898. The Morgan fingerprint density at radius 3 is 2.67 bits per heavy atom. The van der Waals surface area contributed by atoms with E-state index in [0.717, 1.165) is 17.1 Å². The number of hydrogen-bond donors (Lipinski definition) is 1. The standard InChI is InChI=1S/C11H10F3N3O/c1-7(18)9-3-2-4-15-10(9)17-6-8(5-16-17)11(12,13)14/h2-7,18H,1H3/t7-/m0/s1. The molecule has 0 radical (unpaired) electrons. The lowest BCUT2D eigenvalue weighted by Gasteiger charge is -2.10. The highest BCUT2D eigenvalue weighted by atomic mass is 19.4. The molecular weight excluding hydrogens is 247 g/mol. The van der Waals surface area contributed by atoms with Crippen LogP contribution in [0.15, 0.2) is 30.7 Å². The van der Waals surface area contributed by atoms with E-state index in [1.807, 2.05) is 0 Å². The highest BCUT2D eigenvalue weighted by Crippen LogP contribution is 2.29. The van der Waals surface area contributed by atoms with Crippen LogP contribution in [0.4, 0.5) is 13.2 Å². The lowest BCUT2D eigenvalue weighted by Crippen LogP contribution is -2.06. The molecule has 1 atom stereocenters. The van der Waals surface area contributed by atoms with Crippen LogP contribution in [0.1, 0.15) is 24.2 Å². The summed E-state index contributed by atoms with van der Waals surface area (Å²) in [6, 6.07) is 3.18. The van der Waals surface area contributed by atoms with Crippen molar-refractivity contribution in [2.24, 2.45) is 0 Å². The van der Waals surface area contributed by atoms with Crippen molar-refractivity contribution in [2.45, 2.75) is 19.2 Å². The van der Waals surface area contributed by atoms with Gasteiger partial charge in [-0.05, 0) is 13.0 Å². The maximum atomic E-state index is 12.5. The molecule has 0 aliphatic carbocycles. The van der Waals surface area contributed by atoms with E-state index < -0.39 is 17.8 Å². The number of nitrogens with zero attached hydrogens (tertiary/aromatic N) is 3. The summed E-state index contributed by atoms with van der Waals surface area (Å²) < 4.78 is 38.4. The Bertz CT molecular complexity index is 548. The Hall–Kier alpha value is -1.89. The molecule has 2 aromatic rings. The first-order valence-electron chi connectivity index (χ1n) is 5.15. The Morgan fingerprint density at radius 1 is 1.39 bits per heavy atom. The summed E-state index contributed by atoms with van der Waals surface area (Å²) in [4.78, 5) is 3.94. The van der Waals surface area contributed by atoms with Gasteiger partial charge in [0.05, 0.1) is 17.9 Å². The van der Waals surface area contributed by atoms with E-state index in [1.165, 1.54) is 13.1 Å². The number of aliphatic hydroxyl groups excluding tert-OH is 1. The van der Waals surface area contributed by atoms with E-state index in [0.29, 0.717) is 5.56 Å². The van der Waals surface area contributed by atoms with E-state index in [-0.39, 0.29) is 5.82 Å². The van der Waals surface area contributed by atoms with Crippen molar-refractivity contribution < 1.29 is 18.3 Å². The molecule has 2 rings (SSSR count). The molecule has 0 aromatic carbocycles. The third kappa shape index (κ3) is 2.35. The van der Waals surface area contributed by atoms with Crippen molar-refractivity contribution in [1.82, 2.24) is 14.8 Å². The van der Waals surface area contributed by atoms with Crippen LogP contribution in [0.2, 0.25) is 0 Å². The molecule has 0 unspecified atom stereocenters. The average Bonchev–Trinajstić information content (AvgIpc) is 2.77. The first-order valence-corrected chi connectivity index (χ1v) is 5.15. The van der Waals surface area contributed by atoms with Gasteiger partial charge in [0, 0.05) is 18.0 Å². The van der Waals surface area contributed by atoms with Crippen LogP contribution in [-0.2, 0) is 6.18 Å². The maximum Gasteiger partial charge on any atom is 0.419 e. The van der Waals surface area contributed by atoms with Crippen molar-refractivity contribution in [3.63, 3.8) is 0 Å². The predicted molar refractivity (Wildman–Crippen MR) is 57.0 cm³/mol. The molecule has 1 N–H and O–H groups in total. The SMILES string of the molecule is C[C@H](O)c1cccnc1-n1cc(C(F)(F)F)cn1. The highest BCUT2D eigenvalue weighted by molar-refractivity contribution is 5.35. The van der Waals surface area contributed by atoms with Gasteiger partial charge in [-0.2, -0.15) is 18.3 Å². The summed E-state index contributed by atoms with van der Waals surface area (Å²) in [6.07, 6.45) is -2.30. The second-order valence-corrected chi connectivity index (χ2v) is 3.76. The Labute approximate surface area is 101 Å². The van der Waals surface area contributed by atoms with Crippen molar-refractivity contribution in [2.75, 3.05) is 0 Å². The third-order valence-corrected chi connectivity index (χ3v) is 2.39. The van der Waals surface area contributed by atoms with E-state index in [4.69, 9.17) is 0 Å². The van der Waals surface area contributed by atoms with Gasteiger partial charge in [0.25, 0.3) is 0 Å². The summed E-state index contributed by atoms with van der Waals surface area (Å²) >= 11 is 0. The number of alkyl halides is 3. The number of halogens is 3. The number of aliphatic hydroxyl groups is 1. The number of aromatic nitrogens is 3. The summed E-state index contributed by atoms with van der Waals surface area (Å²) in [5.41, 5.74) is -0.445. The van der Waals surface area contributed by atoms with E-state index in [2.05, 4.69) is 10.1 Å². The molecule has 18 heavy (non-hydrogen) atoms. The Kier molecular flexibility index (Phi) is 3.08. The molecule has 0 spiro atoms. The smallest absolute Gasteiger partial charge is 0.389 e. The van der Waals surface area contributed by atoms with Gasteiger partial charge in [0.2, 0.25) is 0 Å². The molecule has 7 heteroatoms. The first kappa shape index (κ1) is 12.6. The van der Waals surface area contributed by atoms with Gasteiger partial charge in [-0.1, -0.05) is 6.07 Å². The molecule has 2 aromatic heterocycles. The van der Waals surface area contributed by atoms with E-state index in [1.54, 1.807) is 12.1 Å². The van der Waals surface area contributed by atoms with Crippen molar-refractivity contribution in [3.05, 3.63) is 41.9 Å². The predicted octanol–water partition coefficient (Wildman–Crippen LogP) is 2.34. The van der Waals surface area contributed by atoms with Gasteiger partial charge in [-0.25, -0.2) is 9.67 Å². The van der Waals surface area contributed by atoms with Crippen LogP contribution in [0, 0.1) is 0 Å². The molecular formula is C11H10F3N3O. The van der Waals surface area contributed by atoms with Crippen LogP contribution in [0.25, 0.3) is 5.82 Å². The molecule has 0 fully saturated rings. The summed E-state index contributed by atoms with van der Waals surface area (Å²) in [6.45, 7) is 1.51. The second-order valence-electron chi connectivity index (χ2n) is 3.76. The molecule has 0 amide bonds. The minimum atomic E-state index is -4.45. The zero-order valence-electron chi connectivity index (χ0n) is 9.39. The minimum Gasteiger partial charge on any atom is -0.389 e. The van der Waals surface area contributed by atoms with Gasteiger partial charge >= 0.3 is 6.18 Å². The summed E-state index contributed by atoms with van der Waals surface area (Å²) in [5, 5.41) is 13.1. The fourth-order valence-corrected chi connectivity index (χ4v) is 1.51. The van der Waals surface area contributed by atoms with Crippen molar-refractivity contribution in [3.8, 4) is 5.82 Å². The Balaban J connectivity index is 2.47. The van der Waals surface area contributed by atoms with Crippen LogP contribution in [0.5, 0.6) is 0 Å². The van der Waals surface area contributed by atoms with Crippen molar-refractivity contribution in [1.29, 1.82) is 0 Å². The summed E-state index contributed by atoms with van der Waals surface area (Å²) in [7, 11) is 0.